The number of benzene rings is 1. The van der Waals surface area contributed by atoms with Crippen LogP contribution in [0.2, 0.25) is 5.02 Å². The maximum atomic E-state index is 11.9. The normalized spacial score (nSPS) is 10.9. The van der Waals surface area contributed by atoms with E-state index >= 15 is 0 Å². The molecule has 0 atom stereocenters. The van der Waals surface area contributed by atoms with Gasteiger partial charge in [0.15, 0.2) is 5.96 Å². The third-order valence-corrected chi connectivity index (χ3v) is 3.28. The second-order valence-corrected chi connectivity index (χ2v) is 5.61. The van der Waals surface area contributed by atoms with Gasteiger partial charge in [-0.1, -0.05) is 11.6 Å². The summed E-state index contributed by atoms with van der Waals surface area (Å²) in [5.74, 6) is 0.287. The van der Waals surface area contributed by atoms with Crippen LogP contribution in [0, 0.1) is 0 Å². The smallest absolute Gasteiger partial charge is 0.251 e. The van der Waals surface area contributed by atoms with E-state index in [-0.39, 0.29) is 18.4 Å². The predicted molar refractivity (Wildman–Crippen MR) is 96.5 cm³/mol. The zero-order valence-corrected chi connectivity index (χ0v) is 15.0. The Balaban J connectivity index is 2.39. The SMILES string of the molecule is CCNC(=NCC(=O)N(C)C)NCCNC(=O)c1ccc(Cl)cc1. The summed E-state index contributed by atoms with van der Waals surface area (Å²) in [4.78, 5) is 29.2. The molecule has 0 fully saturated rings. The van der Waals surface area contributed by atoms with Crippen molar-refractivity contribution in [2.24, 2.45) is 4.99 Å². The summed E-state index contributed by atoms with van der Waals surface area (Å²) in [5, 5.41) is 9.49. The molecule has 3 N–H and O–H groups in total. The molecule has 0 bridgehead atoms. The molecule has 1 aromatic carbocycles. The lowest BCUT2D eigenvalue weighted by molar-refractivity contribution is -0.127. The monoisotopic (exact) mass is 353 g/mol. The standard InChI is InChI=1S/C16H24ClN5O2/c1-4-18-16(21-11-14(23)22(2)3)20-10-9-19-15(24)12-5-7-13(17)8-6-12/h5-8H,4,9-11H2,1-3H3,(H,19,24)(H2,18,20,21). The van der Waals surface area contributed by atoms with Gasteiger partial charge < -0.3 is 20.9 Å². The van der Waals surface area contributed by atoms with E-state index in [1.807, 2.05) is 6.92 Å². The first-order valence-electron chi connectivity index (χ1n) is 7.70. The minimum atomic E-state index is -0.168. The highest BCUT2D eigenvalue weighted by molar-refractivity contribution is 6.30. The third kappa shape index (κ3) is 7.32. The predicted octanol–water partition coefficient (Wildman–Crippen LogP) is 0.713. The average Bonchev–Trinajstić information content (AvgIpc) is 2.56. The van der Waals surface area contributed by atoms with E-state index in [2.05, 4.69) is 20.9 Å². The number of likely N-dealkylation sites (N-methyl/N-ethyl adjacent to an activating group) is 1. The van der Waals surface area contributed by atoms with Crippen LogP contribution in [0.3, 0.4) is 0 Å². The van der Waals surface area contributed by atoms with Gasteiger partial charge in [0.2, 0.25) is 5.91 Å². The van der Waals surface area contributed by atoms with Crippen molar-refractivity contribution in [3.63, 3.8) is 0 Å². The van der Waals surface area contributed by atoms with Crippen molar-refractivity contribution in [3.8, 4) is 0 Å². The summed E-state index contributed by atoms with van der Waals surface area (Å²) >= 11 is 5.79. The highest BCUT2D eigenvalue weighted by Crippen LogP contribution is 2.08. The maximum absolute atomic E-state index is 11.9. The summed E-state index contributed by atoms with van der Waals surface area (Å²) in [6, 6.07) is 6.69. The number of aliphatic imine (C=N–C) groups is 1. The Bertz CT molecular complexity index is 572. The Morgan fingerprint density at radius 2 is 1.71 bits per heavy atom. The molecule has 0 aromatic heterocycles. The van der Waals surface area contributed by atoms with Crippen molar-refractivity contribution >= 4 is 29.4 Å². The van der Waals surface area contributed by atoms with Crippen LogP contribution in [0.4, 0.5) is 0 Å². The number of carbonyl (C=O) groups excluding carboxylic acids is 2. The molecule has 7 nitrogen and oxygen atoms in total. The van der Waals surface area contributed by atoms with Gasteiger partial charge in [0.05, 0.1) is 0 Å². The molecule has 0 aliphatic heterocycles. The topological polar surface area (TPSA) is 85.8 Å². The van der Waals surface area contributed by atoms with Crippen LogP contribution in [-0.2, 0) is 4.79 Å². The summed E-state index contributed by atoms with van der Waals surface area (Å²) in [6.45, 7) is 3.60. The number of nitrogens with one attached hydrogen (secondary N) is 3. The number of carbonyl (C=O) groups is 2. The van der Waals surface area contributed by atoms with Crippen LogP contribution >= 0.6 is 11.6 Å². The van der Waals surface area contributed by atoms with Crippen LogP contribution < -0.4 is 16.0 Å². The quantitative estimate of drug-likeness (QED) is 0.383. The first-order chi connectivity index (χ1) is 11.4. The van der Waals surface area contributed by atoms with E-state index in [1.54, 1.807) is 38.4 Å². The summed E-state index contributed by atoms with van der Waals surface area (Å²) in [5.41, 5.74) is 0.552. The molecular formula is C16H24ClN5O2. The minimum absolute atomic E-state index is 0.0689. The van der Waals surface area contributed by atoms with Gasteiger partial charge in [-0.05, 0) is 31.2 Å². The zero-order valence-electron chi connectivity index (χ0n) is 14.2. The fraction of sp³-hybridized carbons (Fsp3) is 0.438. The largest absolute Gasteiger partial charge is 0.357 e. The van der Waals surface area contributed by atoms with E-state index in [0.717, 1.165) is 0 Å². The van der Waals surface area contributed by atoms with Gasteiger partial charge in [-0.15, -0.1) is 0 Å². The Labute approximate surface area is 147 Å². The molecule has 0 saturated heterocycles. The number of halogens is 1. The molecule has 0 aliphatic rings. The number of rotatable bonds is 7. The molecule has 0 saturated carbocycles. The Kier molecular flexibility index (Phi) is 8.64. The molecule has 0 spiro atoms. The Morgan fingerprint density at radius 1 is 1.08 bits per heavy atom. The number of amides is 2. The lowest BCUT2D eigenvalue weighted by Crippen LogP contribution is -2.42. The third-order valence-electron chi connectivity index (χ3n) is 3.02. The highest BCUT2D eigenvalue weighted by Gasteiger charge is 2.06. The van der Waals surface area contributed by atoms with Crippen LogP contribution in [0.1, 0.15) is 17.3 Å². The molecule has 1 aromatic rings. The van der Waals surface area contributed by atoms with E-state index in [4.69, 9.17) is 11.6 Å². The van der Waals surface area contributed by atoms with E-state index in [0.29, 0.717) is 36.2 Å². The van der Waals surface area contributed by atoms with Gasteiger partial charge in [0.25, 0.3) is 5.91 Å². The Morgan fingerprint density at radius 3 is 2.29 bits per heavy atom. The van der Waals surface area contributed by atoms with Crippen molar-refractivity contribution in [1.29, 1.82) is 0 Å². The van der Waals surface area contributed by atoms with Crippen molar-refractivity contribution in [3.05, 3.63) is 34.9 Å². The lowest BCUT2D eigenvalue weighted by Gasteiger charge is -2.13. The Hall–Kier alpha value is -2.28. The molecule has 8 heteroatoms. The fourth-order valence-corrected chi connectivity index (χ4v) is 1.82. The van der Waals surface area contributed by atoms with Crippen molar-refractivity contribution < 1.29 is 9.59 Å². The molecule has 24 heavy (non-hydrogen) atoms. The molecule has 1 rings (SSSR count). The van der Waals surface area contributed by atoms with Gasteiger partial charge in [0.1, 0.15) is 6.54 Å². The van der Waals surface area contributed by atoms with Crippen LogP contribution in [0.25, 0.3) is 0 Å². The summed E-state index contributed by atoms with van der Waals surface area (Å²) in [7, 11) is 3.37. The molecule has 0 unspecified atom stereocenters. The summed E-state index contributed by atoms with van der Waals surface area (Å²) < 4.78 is 0. The molecule has 0 radical (unpaired) electrons. The minimum Gasteiger partial charge on any atom is -0.357 e. The lowest BCUT2D eigenvalue weighted by atomic mass is 10.2. The van der Waals surface area contributed by atoms with Gasteiger partial charge >= 0.3 is 0 Å². The summed E-state index contributed by atoms with van der Waals surface area (Å²) in [6.07, 6.45) is 0. The highest BCUT2D eigenvalue weighted by atomic mass is 35.5. The molecule has 2 amide bonds. The van der Waals surface area contributed by atoms with Gasteiger partial charge in [0, 0.05) is 44.3 Å². The van der Waals surface area contributed by atoms with Crippen LogP contribution in [0.15, 0.2) is 29.3 Å². The van der Waals surface area contributed by atoms with Gasteiger partial charge in [-0.2, -0.15) is 0 Å². The number of nitrogens with zero attached hydrogens (tertiary/aromatic N) is 2. The number of hydrogen-bond donors (Lipinski definition) is 3. The maximum Gasteiger partial charge on any atom is 0.251 e. The van der Waals surface area contributed by atoms with Crippen LogP contribution in [-0.4, -0.2) is 62.9 Å². The van der Waals surface area contributed by atoms with E-state index < -0.39 is 0 Å². The van der Waals surface area contributed by atoms with Crippen molar-refractivity contribution in [1.82, 2.24) is 20.9 Å². The number of guanidine groups is 1. The van der Waals surface area contributed by atoms with Gasteiger partial charge in [-0.3, -0.25) is 9.59 Å². The number of hydrogen-bond acceptors (Lipinski definition) is 3. The average molecular weight is 354 g/mol. The molecular weight excluding hydrogens is 330 g/mol. The molecule has 0 aliphatic carbocycles. The van der Waals surface area contributed by atoms with E-state index in [1.165, 1.54) is 4.90 Å². The zero-order chi connectivity index (χ0) is 17.9. The second kappa shape index (κ2) is 10.5. The molecule has 0 heterocycles. The van der Waals surface area contributed by atoms with E-state index in [9.17, 15) is 9.59 Å². The second-order valence-electron chi connectivity index (χ2n) is 5.17. The van der Waals surface area contributed by atoms with Crippen LogP contribution in [0.5, 0.6) is 0 Å². The van der Waals surface area contributed by atoms with Gasteiger partial charge in [-0.25, -0.2) is 4.99 Å². The van der Waals surface area contributed by atoms with Crippen molar-refractivity contribution in [2.75, 3.05) is 40.3 Å². The first kappa shape index (κ1) is 19.8. The fourth-order valence-electron chi connectivity index (χ4n) is 1.69. The molecule has 132 valence electrons. The van der Waals surface area contributed by atoms with Crippen molar-refractivity contribution in [2.45, 2.75) is 6.92 Å². The first-order valence-corrected chi connectivity index (χ1v) is 8.08.